The van der Waals surface area contributed by atoms with Gasteiger partial charge in [-0.2, -0.15) is 13.2 Å². The molecular weight excluding hydrogens is 426 g/mol. The lowest BCUT2D eigenvalue weighted by atomic mass is 9.77. The van der Waals surface area contributed by atoms with Gasteiger partial charge in [-0.1, -0.05) is 51.3 Å². The van der Waals surface area contributed by atoms with E-state index in [-0.39, 0.29) is 22.0 Å². The van der Waals surface area contributed by atoms with Crippen LogP contribution in [0.4, 0.5) is 13.2 Å². The summed E-state index contributed by atoms with van der Waals surface area (Å²) in [7, 11) is 0. The van der Waals surface area contributed by atoms with E-state index in [0.29, 0.717) is 0 Å². The third-order valence-corrected chi connectivity index (χ3v) is 5.09. The van der Waals surface area contributed by atoms with Crippen LogP contribution in [-0.4, -0.2) is 12.4 Å². The van der Waals surface area contributed by atoms with Crippen LogP contribution in [0.2, 0.25) is 10.0 Å². The monoisotopic (exact) mass is 435 g/mol. The average Bonchev–Trinajstić information content (AvgIpc) is 2.93. The molecule has 3 rings (SSSR count). The molecule has 0 N–H and O–H groups in total. The van der Waals surface area contributed by atoms with Gasteiger partial charge in [-0.15, -0.1) is 0 Å². The summed E-state index contributed by atoms with van der Waals surface area (Å²) in [5.74, 6) is 0. The molecule has 1 nitrogen and oxygen atoms in total. The maximum absolute atomic E-state index is 13.9. The zero-order valence-corrected chi connectivity index (χ0v) is 15.2. The highest BCUT2D eigenvalue weighted by Crippen LogP contribution is 2.50. The van der Waals surface area contributed by atoms with E-state index >= 15 is 0 Å². The van der Waals surface area contributed by atoms with Crippen molar-refractivity contribution in [3.63, 3.8) is 0 Å². The van der Waals surface area contributed by atoms with Crippen molar-refractivity contribution in [1.82, 2.24) is 0 Å². The van der Waals surface area contributed by atoms with Crippen LogP contribution in [-0.2, 0) is 5.41 Å². The maximum Gasteiger partial charge on any atom is 0.403 e. The summed E-state index contributed by atoms with van der Waals surface area (Å²) < 4.78 is 42.7. The van der Waals surface area contributed by atoms with Gasteiger partial charge in [-0.25, -0.2) is 0 Å². The van der Waals surface area contributed by atoms with Crippen molar-refractivity contribution in [2.75, 3.05) is 0 Å². The molecule has 0 bridgehead atoms. The first kappa shape index (κ1) is 17.8. The Hall–Kier alpha value is -1.04. The first-order valence-electron chi connectivity index (χ1n) is 7.04. The van der Waals surface area contributed by atoms with Gasteiger partial charge in [0.1, 0.15) is 5.41 Å². The second kappa shape index (κ2) is 6.36. The van der Waals surface area contributed by atoms with Crippen molar-refractivity contribution in [2.45, 2.75) is 24.1 Å². The Bertz CT molecular complexity index is 769. The molecule has 1 heterocycles. The topological polar surface area (TPSA) is 12.4 Å². The lowest BCUT2D eigenvalue weighted by Crippen LogP contribution is -2.42. The Morgan fingerprint density at radius 1 is 1.04 bits per heavy atom. The van der Waals surface area contributed by atoms with Gasteiger partial charge in [0, 0.05) is 20.7 Å². The van der Waals surface area contributed by atoms with Crippen LogP contribution in [0.25, 0.3) is 0 Å². The molecule has 126 valence electrons. The summed E-state index contributed by atoms with van der Waals surface area (Å²) in [5.41, 5.74) is -1.45. The molecule has 2 atom stereocenters. The Morgan fingerprint density at radius 3 is 2.17 bits per heavy atom. The summed E-state index contributed by atoms with van der Waals surface area (Å²) in [6, 6.07) is 10.6. The van der Waals surface area contributed by atoms with Crippen LogP contribution in [0, 0.1) is 0 Å². The maximum atomic E-state index is 13.9. The van der Waals surface area contributed by atoms with Crippen molar-refractivity contribution in [3.05, 3.63) is 68.1 Å². The van der Waals surface area contributed by atoms with E-state index in [4.69, 9.17) is 23.2 Å². The van der Waals surface area contributed by atoms with E-state index in [1.54, 1.807) is 24.3 Å². The van der Waals surface area contributed by atoms with Crippen molar-refractivity contribution in [1.29, 1.82) is 0 Å². The number of alkyl halides is 3. The molecule has 0 aromatic heterocycles. The number of benzene rings is 2. The van der Waals surface area contributed by atoms with E-state index in [1.165, 1.54) is 18.2 Å². The van der Waals surface area contributed by atoms with Crippen LogP contribution in [0.3, 0.4) is 0 Å². The molecule has 7 heteroatoms. The van der Waals surface area contributed by atoms with Gasteiger partial charge in [-0.05, 0) is 47.9 Å². The van der Waals surface area contributed by atoms with Gasteiger partial charge in [0.2, 0.25) is 0 Å². The quantitative estimate of drug-likeness (QED) is 0.492. The van der Waals surface area contributed by atoms with Gasteiger partial charge < -0.3 is 0 Å². The number of aliphatic imine (C=N–C) groups is 1. The van der Waals surface area contributed by atoms with E-state index < -0.39 is 17.6 Å². The SMILES string of the molecule is FC(F)(F)C1(c2cc(Cl)cc(Cl)c2)C=NC(c2ccc(Br)cc2)C1. The van der Waals surface area contributed by atoms with Crippen LogP contribution in [0.5, 0.6) is 0 Å². The smallest absolute Gasteiger partial charge is 0.288 e. The fourth-order valence-corrected chi connectivity index (χ4v) is 3.66. The third-order valence-electron chi connectivity index (χ3n) is 4.13. The zero-order chi connectivity index (χ0) is 17.5. The first-order chi connectivity index (χ1) is 11.2. The fraction of sp³-hybridized carbons (Fsp3) is 0.235. The van der Waals surface area contributed by atoms with Crippen LogP contribution >= 0.6 is 39.1 Å². The normalized spacial score (nSPS) is 23.7. The minimum atomic E-state index is -4.51. The van der Waals surface area contributed by atoms with Crippen LogP contribution in [0.1, 0.15) is 23.6 Å². The highest BCUT2D eigenvalue weighted by atomic mass is 79.9. The number of halogens is 6. The lowest BCUT2D eigenvalue weighted by molar-refractivity contribution is -0.168. The number of rotatable bonds is 2. The summed E-state index contributed by atoms with van der Waals surface area (Å²) in [6.45, 7) is 0. The molecule has 0 aliphatic carbocycles. The van der Waals surface area contributed by atoms with Crippen LogP contribution < -0.4 is 0 Å². The Morgan fingerprint density at radius 2 is 1.62 bits per heavy atom. The van der Waals surface area contributed by atoms with Crippen molar-refractivity contribution in [2.24, 2.45) is 4.99 Å². The number of hydrogen-bond donors (Lipinski definition) is 0. The average molecular weight is 437 g/mol. The van der Waals surface area contributed by atoms with Crippen molar-refractivity contribution < 1.29 is 13.2 Å². The van der Waals surface area contributed by atoms with Crippen molar-refractivity contribution >= 4 is 45.3 Å². The van der Waals surface area contributed by atoms with Gasteiger partial charge in [0.15, 0.2) is 0 Å². The van der Waals surface area contributed by atoms with Gasteiger partial charge in [-0.3, -0.25) is 4.99 Å². The molecule has 0 saturated heterocycles. The molecule has 0 amide bonds. The standard InChI is InChI=1S/C17H11BrCl2F3N/c18-12-3-1-10(2-4-12)15-8-16(9-24-15,17(21,22)23)11-5-13(19)7-14(20)6-11/h1-7,9,15H,8H2. The Labute approximate surface area is 155 Å². The molecular formula is C17H11BrCl2F3N. The number of hydrogen-bond acceptors (Lipinski definition) is 1. The van der Waals surface area contributed by atoms with Crippen LogP contribution in [0.15, 0.2) is 51.9 Å². The minimum absolute atomic E-state index is 0.0101. The van der Waals surface area contributed by atoms with Crippen molar-refractivity contribution in [3.8, 4) is 0 Å². The Balaban J connectivity index is 2.04. The summed E-state index contributed by atoms with van der Waals surface area (Å²) in [4.78, 5) is 4.14. The second-order valence-corrected chi connectivity index (χ2v) is 7.47. The molecule has 1 aliphatic rings. The molecule has 1 aliphatic heterocycles. The van der Waals surface area contributed by atoms with Gasteiger partial charge >= 0.3 is 6.18 Å². The lowest BCUT2D eigenvalue weighted by Gasteiger charge is -2.30. The Kier molecular flexibility index (Phi) is 4.71. The van der Waals surface area contributed by atoms with E-state index in [2.05, 4.69) is 20.9 Å². The summed E-state index contributed by atoms with van der Waals surface area (Å²) >= 11 is 15.1. The molecule has 0 fully saturated rings. The first-order valence-corrected chi connectivity index (χ1v) is 8.59. The zero-order valence-electron chi connectivity index (χ0n) is 12.1. The molecule has 2 aromatic rings. The molecule has 2 aromatic carbocycles. The summed E-state index contributed by atoms with van der Waals surface area (Å²) in [6.07, 6.45) is -3.73. The van der Waals surface area contributed by atoms with Gasteiger partial charge in [0.05, 0.1) is 6.04 Å². The highest BCUT2D eigenvalue weighted by Gasteiger charge is 2.58. The minimum Gasteiger partial charge on any atom is -0.288 e. The third kappa shape index (κ3) is 3.22. The second-order valence-electron chi connectivity index (χ2n) is 5.68. The molecule has 24 heavy (non-hydrogen) atoms. The van der Waals surface area contributed by atoms with E-state index in [0.717, 1.165) is 16.3 Å². The van der Waals surface area contributed by atoms with E-state index in [1.807, 2.05) is 0 Å². The van der Waals surface area contributed by atoms with E-state index in [9.17, 15) is 13.2 Å². The van der Waals surface area contributed by atoms with Gasteiger partial charge in [0.25, 0.3) is 0 Å². The molecule has 2 unspecified atom stereocenters. The molecule has 0 spiro atoms. The molecule has 0 radical (unpaired) electrons. The molecule has 0 saturated carbocycles. The fourth-order valence-electron chi connectivity index (χ4n) is 2.87. The largest absolute Gasteiger partial charge is 0.403 e. The number of nitrogens with zero attached hydrogens (tertiary/aromatic N) is 1. The predicted octanol–water partition coefficient (Wildman–Crippen LogP) is 6.77. The predicted molar refractivity (Wildman–Crippen MR) is 94.2 cm³/mol. The summed E-state index contributed by atoms with van der Waals surface area (Å²) in [5, 5.41) is 0.336. The highest BCUT2D eigenvalue weighted by molar-refractivity contribution is 9.10.